The lowest BCUT2D eigenvalue weighted by atomic mass is 10.3. The van der Waals surface area contributed by atoms with Gasteiger partial charge in [-0.15, -0.1) is 0 Å². The monoisotopic (exact) mass is 316 g/mol. The van der Waals surface area contributed by atoms with Crippen molar-refractivity contribution < 1.29 is 22.8 Å². The molecule has 0 atom stereocenters. The minimum atomic E-state index is -3.61. The molecule has 0 aliphatic heterocycles. The normalized spacial score (nSPS) is 11.5. The van der Waals surface area contributed by atoms with E-state index in [1.807, 2.05) is 14.1 Å². The molecule has 7 nitrogen and oxygen atoms in total. The van der Waals surface area contributed by atoms with Gasteiger partial charge in [0, 0.05) is 6.92 Å². The van der Waals surface area contributed by atoms with Crippen molar-refractivity contribution in [2.24, 2.45) is 0 Å². The van der Waals surface area contributed by atoms with E-state index in [4.69, 9.17) is 4.74 Å². The Labute approximate surface area is 125 Å². The zero-order chi connectivity index (χ0) is 16.0. The number of sulfonamides is 1. The first-order valence-corrected chi connectivity index (χ1v) is 7.99. The number of nitrogens with one attached hydrogen (secondary N) is 3. The van der Waals surface area contributed by atoms with Crippen LogP contribution >= 0.6 is 0 Å². The molecule has 0 saturated heterocycles. The molecule has 8 heteroatoms. The largest absolute Gasteiger partial charge is 0.495 e. The zero-order valence-corrected chi connectivity index (χ0v) is 13.5. The van der Waals surface area contributed by atoms with Gasteiger partial charge in [0.15, 0.2) is 0 Å². The molecule has 21 heavy (non-hydrogen) atoms. The number of amides is 1. The van der Waals surface area contributed by atoms with E-state index in [0.717, 1.165) is 4.90 Å². The third-order valence-electron chi connectivity index (χ3n) is 2.71. The van der Waals surface area contributed by atoms with E-state index in [1.54, 1.807) is 0 Å². The van der Waals surface area contributed by atoms with Gasteiger partial charge in [0.05, 0.1) is 44.9 Å². The van der Waals surface area contributed by atoms with Crippen LogP contribution in [0.25, 0.3) is 0 Å². The summed E-state index contributed by atoms with van der Waals surface area (Å²) in [5.41, 5.74) is 0.325. The molecule has 1 aromatic carbocycles. The summed E-state index contributed by atoms with van der Waals surface area (Å²) in [5, 5.41) is 2.55. The van der Waals surface area contributed by atoms with Crippen molar-refractivity contribution in [2.75, 3.05) is 39.6 Å². The molecule has 0 saturated carbocycles. The van der Waals surface area contributed by atoms with Crippen molar-refractivity contribution in [3.63, 3.8) is 0 Å². The van der Waals surface area contributed by atoms with Crippen LogP contribution in [0.2, 0.25) is 0 Å². The van der Waals surface area contributed by atoms with E-state index >= 15 is 0 Å². The molecule has 1 amide bonds. The van der Waals surface area contributed by atoms with Gasteiger partial charge >= 0.3 is 0 Å². The summed E-state index contributed by atoms with van der Waals surface area (Å²) in [7, 11) is 1.72. The smallest absolute Gasteiger partial charge is 0.240 e. The van der Waals surface area contributed by atoms with Crippen LogP contribution in [0.15, 0.2) is 23.1 Å². The fourth-order valence-corrected chi connectivity index (χ4v) is 2.72. The van der Waals surface area contributed by atoms with E-state index in [-0.39, 0.29) is 10.8 Å². The summed E-state index contributed by atoms with van der Waals surface area (Å²) in [6, 6.07) is 4.33. The maximum absolute atomic E-state index is 12.2. The van der Waals surface area contributed by atoms with E-state index in [1.165, 1.54) is 32.2 Å². The van der Waals surface area contributed by atoms with E-state index in [9.17, 15) is 13.2 Å². The molecule has 0 heterocycles. The molecule has 1 aromatic rings. The Morgan fingerprint density at radius 1 is 1.33 bits per heavy atom. The minimum Gasteiger partial charge on any atom is -0.495 e. The third kappa shape index (κ3) is 5.33. The number of rotatable bonds is 7. The molecule has 0 aromatic heterocycles. The summed E-state index contributed by atoms with van der Waals surface area (Å²) in [6.45, 7) is 2.36. The molecular formula is C13H22N3O4S+. The Balaban J connectivity index is 2.98. The lowest BCUT2D eigenvalue weighted by Gasteiger charge is -2.12. The molecule has 0 fully saturated rings. The van der Waals surface area contributed by atoms with Gasteiger partial charge in [-0.05, 0) is 18.2 Å². The maximum atomic E-state index is 12.2. The average molecular weight is 316 g/mol. The summed E-state index contributed by atoms with van der Waals surface area (Å²) >= 11 is 0. The van der Waals surface area contributed by atoms with E-state index < -0.39 is 10.0 Å². The number of carbonyl (C=O) groups excluding carboxylic acids is 1. The van der Waals surface area contributed by atoms with Crippen LogP contribution in [0.5, 0.6) is 5.75 Å². The van der Waals surface area contributed by atoms with Crippen molar-refractivity contribution in [1.82, 2.24) is 4.72 Å². The number of anilines is 1. The third-order valence-corrected chi connectivity index (χ3v) is 4.17. The van der Waals surface area contributed by atoms with Crippen molar-refractivity contribution in [2.45, 2.75) is 11.8 Å². The summed E-state index contributed by atoms with van der Waals surface area (Å²) in [4.78, 5) is 12.4. The summed E-state index contributed by atoms with van der Waals surface area (Å²) < 4.78 is 32.0. The van der Waals surface area contributed by atoms with Crippen LogP contribution in [0.3, 0.4) is 0 Å². The number of hydrogen-bond donors (Lipinski definition) is 3. The Kier molecular flexibility index (Phi) is 6.13. The van der Waals surface area contributed by atoms with Gasteiger partial charge in [-0.25, -0.2) is 13.1 Å². The standard InChI is InChI=1S/C13H21N3O4S/c1-10(17)15-12-9-11(5-6-13(12)20-4)21(18,19)14-7-8-16(2)3/h5-6,9,14H,7-8H2,1-4H3,(H,15,17)/p+1. The van der Waals surface area contributed by atoms with Crippen LogP contribution in [0.4, 0.5) is 5.69 Å². The summed E-state index contributed by atoms with van der Waals surface area (Å²) in [6.07, 6.45) is 0. The molecule has 118 valence electrons. The van der Waals surface area contributed by atoms with Crippen molar-refractivity contribution >= 4 is 21.6 Å². The number of likely N-dealkylation sites (N-methyl/N-ethyl adjacent to an activating group) is 1. The second kappa shape index (κ2) is 7.39. The first kappa shape index (κ1) is 17.4. The molecule has 0 aliphatic rings. The molecule has 1 rings (SSSR count). The topological polar surface area (TPSA) is 88.9 Å². The molecule has 0 unspecified atom stereocenters. The van der Waals surface area contributed by atoms with Crippen LogP contribution in [0.1, 0.15) is 6.92 Å². The van der Waals surface area contributed by atoms with Gasteiger partial charge in [0.25, 0.3) is 0 Å². The quantitative estimate of drug-likeness (QED) is 0.607. The van der Waals surface area contributed by atoms with Crippen LogP contribution in [0, 0.1) is 0 Å². The Bertz CT molecular complexity index is 599. The van der Waals surface area contributed by atoms with Gasteiger partial charge < -0.3 is 15.0 Å². The van der Waals surface area contributed by atoms with Gasteiger partial charge in [0.1, 0.15) is 5.75 Å². The SMILES string of the molecule is COc1ccc(S(=O)(=O)NCC[NH+](C)C)cc1NC(C)=O. The van der Waals surface area contributed by atoms with Gasteiger partial charge in [0.2, 0.25) is 15.9 Å². The lowest BCUT2D eigenvalue weighted by molar-refractivity contribution is -0.856. The number of hydrogen-bond acceptors (Lipinski definition) is 4. The van der Waals surface area contributed by atoms with Crippen LogP contribution < -0.4 is 19.7 Å². The molecule has 0 spiro atoms. The second-order valence-corrected chi connectivity index (χ2v) is 6.67. The van der Waals surface area contributed by atoms with Gasteiger partial charge in [-0.1, -0.05) is 0 Å². The fourth-order valence-electron chi connectivity index (χ4n) is 1.66. The van der Waals surface area contributed by atoms with Crippen molar-refractivity contribution in [1.29, 1.82) is 0 Å². The predicted octanol–water partition coefficient (Wildman–Crippen LogP) is -0.924. The van der Waals surface area contributed by atoms with E-state index in [0.29, 0.717) is 24.5 Å². The minimum absolute atomic E-state index is 0.0841. The second-order valence-electron chi connectivity index (χ2n) is 4.90. The molecule has 0 bridgehead atoms. The predicted molar refractivity (Wildman–Crippen MR) is 80.2 cm³/mol. The highest BCUT2D eigenvalue weighted by Crippen LogP contribution is 2.27. The van der Waals surface area contributed by atoms with Crippen LogP contribution in [-0.4, -0.2) is 48.6 Å². The molecule has 3 N–H and O–H groups in total. The van der Waals surface area contributed by atoms with Gasteiger partial charge in [-0.3, -0.25) is 4.79 Å². The first-order chi connectivity index (χ1) is 9.76. The summed E-state index contributed by atoms with van der Waals surface area (Å²) in [5.74, 6) is 0.105. The highest BCUT2D eigenvalue weighted by molar-refractivity contribution is 7.89. The Hall–Kier alpha value is -1.64. The highest BCUT2D eigenvalue weighted by atomic mass is 32.2. The molecular weight excluding hydrogens is 294 g/mol. The first-order valence-electron chi connectivity index (χ1n) is 6.50. The van der Waals surface area contributed by atoms with E-state index in [2.05, 4.69) is 10.0 Å². The van der Waals surface area contributed by atoms with Crippen molar-refractivity contribution in [3.05, 3.63) is 18.2 Å². The molecule has 0 aliphatic carbocycles. The maximum Gasteiger partial charge on any atom is 0.240 e. The zero-order valence-electron chi connectivity index (χ0n) is 12.7. The number of benzene rings is 1. The number of carbonyl (C=O) groups is 1. The van der Waals surface area contributed by atoms with Crippen molar-refractivity contribution in [3.8, 4) is 5.75 Å². The molecule has 0 radical (unpaired) electrons. The van der Waals surface area contributed by atoms with Crippen LogP contribution in [-0.2, 0) is 14.8 Å². The Morgan fingerprint density at radius 3 is 2.52 bits per heavy atom. The lowest BCUT2D eigenvalue weighted by Crippen LogP contribution is -3.06. The fraction of sp³-hybridized carbons (Fsp3) is 0.462. The Morgan fingerprint density at radius 2 is 2.00 bits per heavy atom. The number of quaternary nitrogens is 1. The highest BCUT2D eigenvalue weighted by Gasteiger charge is 2.17. The average Bonchev–Trinajstić information content (AvgIpc) is 2.37. The van der Waals surface area contributed by atoms with Gasteiger partial charge in [-0.2, -0.15) is 0 Å². The number of ether oxygens (including phenoxy) is 1. The number of methoxy groups -OCH3 is 1.